The summed E-state index contributed by atoms with van der Waals surface area (Å²) < 4.78 is 4.75. The van der Waals surface area contributed by atoms with Crippen LogP contribution in [0.2, 0.25) is 0 Å². The first kappa shape index (κ1) is 12.3. The summed E-state index contributed by atoms with van der Waals surface area (Å²) in [5.41, 5.74) is 1.84. The number of amides is 1. The predicted molar refractivity (Wildman–Crippen MR) is 70.2 cm³/mol. The third kappa shape index (κ3) is 3.15. The Morgan fingerprint density at radius 1 is 1.17 bits per heavy atom. The highest BCUT2D eigenvalue weighted by Gasteiger charge is 2.04. The van der Waals surface area contributed by atoms with Crippen molar-refractivity contribution in [1.82, 2.24) is 4.98 Å². The minimum atomic E-state index is -0.213. The lowest BCUT2D eigenvalue weighted by atomic mass is 10.1. The van der Waals surface area contributed by atoms with Crippen molar-refractivity contribution in [3.8, 4) is 11.3 Å². The maximum absolute atomic E-state index is 11.4. The van der Waals surface area contributed by atoms with Crippen LogP contribution in [0.3, 0.4) is 0 Å². The Hall–Kier alpha value is -2.20. The largest absolute Gasteiger partial charge is 0.375 e. The number of carbonyl (C=O) groups excluding carboxylic acids is 1. The van der Waals surface area contributed by atoms with E-state index in [1.807, 2.05) is 42.5 Å². The lowest BCUT2D eigenvalue weighted by Gasteiger charge is -2.06. The average Bonchev–Trinajstić information content (AvgIpc) is 2.40. The molecule has 0 aliphatic carbocycles. The first-order valence-electron chi connectivity index (χ1n) is 5.61. The predicted octanol–water partition coefficient (Wildman–Crippen LogP) is 2.33. The Kier molecular flexibility index (Phi) is 4.04. The monoisotopic (exact) mass is 242 g/mol. The van der Waals surface area contributed by atoms with Crippen molar-refractivity contribution in [2.75, 3.05) is 19.0 Å². The van der Waals surface area contributed by atoms with Gasteiger partial charge in [-0.05, 0) is 12.1 Å². The van der Waals surface area contributed by atoms with E-state index in [4.69, 9.17) is 4.74 Å². The number of anilines is 1. The molecule has 0 aliphatic rings. The van der Waals surface area contributed by atoms with E-state index in [0.717, 1.165) is 11.3 Å². The Bertz CT molecular complexity index is 526. The van der Waals surface area contributed by atoms with Crippen molar-refractivity contribution < 1.29 is 9.53 Å². The van der Waals surface area contributed by atoms with E-state index >= 15 is 0 Å². The number of hydrogen-bond donors (Lipinski definition) is 1. The molecule has 92 valence electrons. The summed E-state index contributed by atoms with van der Waals surface area (Å²) in [5.74, 6) is 0.314. The van der Waals surface area contributed by atoms with E-state index in [0.29, 0.717) is 5.82 Å². The molecule has 0 aliphatic heterocycles. The van der Waals surface area contributed by atoms with Gasteiger partial charge in [-0.3, -0.25) is 4.79 Å². The zero-order valence-electron chi connectivity index (χ0n) is 10.1. The van der Waals surface area contributed by atoms with E-state index in [2.05, 4.69) is 10.3 Å². The molecular weight excluding hydrogens is 228 g/mol. The van der Waals surface area contributed by atoms with Crippen LogP contribution in [-0.2, 0) is 9.53 Å². The number of methoxy groups -OCH3 is 1. The number of pyridine rings is 1. The second-order valence-electron chi connectivity index (χ2n) is 3.76. The van der Waals surface area contributed by atoms with Crippen LogP contribution in [0.1, 0.15) is 0 Å². The maximum Gasteiger partial charge on any atom is 0.251 e. The van der Waals surface area contributed by atoms with Crippen molar-refractivity contribution in [1.29, 1.82) is 0 Å². The van der Waals surface area contributed by atoms with Crippen molar-refractivity contribution in [2.45, 2.75) is 0 Å². The highest BCUT2D eigenvalue weighted by Crippen LogP contribution is 2.17. The number of aromatic nitrogens is 1. The zero-order valence-corrected chi connectivity index (χ0v) is 10.1. The minimum Gasteiger partial charge on any atom is -0.375 e. The standard InChI is InChI=1S/C14H14N2O2/c1-18-10-14(17)16-13-9-5-8-12(15-13)11-6-3-2-4-7-11/h2-9H,10H2,1H3,(H,15,16,17). The Labute approximate surface area is 106 Å². The van der Waals surface area contributed by atoms with Crippen LogP contribution < -0.4 is 5.32 Å². The summed E-state index contributed by atoms with van der Waals surface area (Å²) in [6, 6.07) is 15.3. The number of ether oxygens (including phenoxy) is 1. The van der Waals surface area contributed by atoms with Crippen molar-refractivity contribution >= 4 is 11.7 Å². The topological polar surface area (TPSA) is 51.2 Å². The smallest absolute Gasteiger partial charge is 0.251 e. The molecule has 1 N–H and O–H groups in total. The molecule has 0 atom stereocenters. The highest BCUT2D eigenvalue weighted by atomic mass is 16.5. The van der Waals surface area contributed by atoms with Crippen LogP contribution >= 0.6 is 0 Å². The van der Waals surface area contributed by atoms with Gasteiger partial charge in [0.15, 0.2) is 0 Å². The number of rotatable bonds is 4. The van der Waals surface area contributed by atoms with E-state index in [1.165, 1.54) is 7.11 Å². The van der Waals surface area contributed by atoms with Gasteiger partial charge in [-0.1, -0.05) is 36.4 Å². The molecule has 1 amide bonds. The second-order valence-corrected chi connectivity index (χ2v) is 3.76. The van der Waals surface area contributed by atoms with Crippen LogP contribution in [0.15, 0.2) is 48.5 Å². The molecular formula is C14H14N2O2. The zero-order chi connectivity index (χ0) is 12.8. The molecule has 18 heavy (non-hydrogen) atoms. The summed E-state index contributed by atoms with van der Waals surface area (Å²) in [6.07, 6.45) is 0. The molecule has 1 aromatic carbocycles. The number of nitrogens with one attached hydrogen (secondary N) is 1. The summed E-state index contributed by atoms with van der Waals surface area (Å²) in [6.45, 7) is 0.0250. The van der Waals surface area contributed by atoms with E-state index in [9.17, 15) is 4.79 Å². The fourth-order valence-electron chi connectivity index (χ4n) is 1.58. The number of nitrogens with zero attached hydrogens (tertiary/aromatic N) is 1. The average molecular weight is 242 g/mol. The van der Waals surface area contributed by atoms with Crippen molar-refractivity contribution in [2.24, 2.45) is 0 Å². The number of hydrogen-bond acceptors (Lipinski definition) is 3. The van der Waals surface area contributed by atoms with Crippen LogP contribution in [-0.4, -0.2) is 24.6 Å². The molecule has 2 aromatic rings. The summed E-state index contributed by atoms with van der Waals surface area (Å²) >= 11 is 0. The third-order valence-corrected chi connectivity index (χ3v) is 2.36. The highest BCUT2D eigenvalue weighted by molar-refractivity contribution is 5.91. The van der Waals surface area contributed by atoms with Crippen LogP contribution in [0, 0.1) is 0 Å². The van der Waals surface area contributed by atoms with Crippen LogP contribution in [0.5, 0.6) is 0 Å². The molecule has 0 saturated carbocycles. The van der Waals surface area contributed by atoms with Gasteiger partial charge in [0, 0.05) is 12.7 Å². The molecule has 0 bridgehead atoms. The quantitative estimate of drug-likeness (QED) is 0.895. The Balaban J connectivity index is 2.18. The molecule has 0 saturated heterocycles. The third-order valence-electron chi connectivity index (χ3n) is 2.36. The van der Waals surface area contributed by atoms with E-state index in [-0.39, 0.29) is 12.5 Å². The Morgan fingerprint density at radius 2 is 1.94 bits per heavy atom. The molecule has 0 fully saturated rings. The van der Waals surface area contributed by atoms with E-state index in [1.54, 1.807) is 6.07 Å². The van der Waals surface area contributed by atoms with Gasteiger partial charge >= 0.3 is 0 Å². The number of benzene rings is 1. The van der Waals surface area contributed by atoms with Gasteiger partial charge in [-0.25, -0.2) is 4.98 Å². The van der Waals surface area contributed by atoms with Gasteiger partial charge in [-0.15, -0.1) is 0 Å². The SMILES string of the molecule is COCC(=O)Nc1cccc(-c2ccccc2)n1. The molecule has 0 spiro atoms. The van der Waals surface area contributed by atoms with Gasteiger partial charge < -0.3 is 10.1 Å². The summed E-state index contributed by atoms with van der Waals surface area (Å²) in [7, 11) is 1.48. The van der Waals surface area contributed by atoms with Gasteiger partial charge in [0.25, 0.3) is 5.91 Å². The molecule has 0 unspecified atom stereocenters. The second kappa shape index (κ2) is 5.93. The van der Waals surface area contributed by atoms with Gasteiger partial charge in [-0.2, -0.15) is 0 Å². The van der Waals surface area contributed by atoms with Crippen LogP contribution in [0.25, 0.3) is 11.3 Å². The maximum atomic E-state index is 11.4. The van der Waals surface area contributed by atoms with Gasteiger partial charge in [0.05, 0.1) is 5.69 Å². The number of carbonyl (C=O) groups is 1. The molecule has 1 heterocycles. The first-order chi connectivity index (χ1) is 8.79. The van der Waals surface area contributed by atoms with Crippen molar-refractivity contribution in [3.63, 3.8) is 0 Å². The first-order valence-corrected chi connectivity index (χ1v) is 5.61. The molecule has 2 rings (SSSR count). The fourth-order valence-corrected chi connectivity index (χ4v) is 1.58. The summed E-state index contributed by atoms with van der Waals surface area (Å²) in [5, 5.41) is 2.68. The summed E-state index contributed by atoms with van der Waals surface area (Å²) in [4.78, 5) is 15.8. The Morgan fingerprint density at radius 3 is 2.67 bits per heavy atom. The van der Waals surface area contributed by atoms with Crippen molar-refractivity contribution in [3.05, 3.63) is 48.5 Å². The van der Waals surface area contributed by atoms with Gasteiger partial charge in [0.2, 0.25) is 0 Å². The minimum absolute atomic E-state index is 0.0250. The molecule has 1 aromatic heterocycles. The molecule has 4 heteroatoms. The molecule has 4 nitrogen and oxygen atoms in total. The lowest BCUT2D eigenvalue weighted by molar-refractivity contribution is -0.119. The normalized spacial score (nSPS) is 10.1. The van der Waals surface area contributed by atoms with E-state index < -0.39 is 0 Å². The van der Waals surface area contributed by atoms with Gasteiger partial charge in [0.1, 0.15) is 12.4 Å². The fraction of sp³-hybridized carbons (Fsp3) is 0.143. The molecule has 0 radical (unpaired) electrons. The van der Waals surface area contributed by atoms with Crippen LogP contribution in [0.4, 0.5) is 5.82 Å². The lowest BCUT2D eigenvalue weighted by Crippen LogP contribution is -2.17.